The van der Waals surface area contributed by atoms with Crippen molar-refractivity contribution in [3.05, 3.63) is 60.8 Å². The number of hydrogen-bond acceptors (Lipinski definition) is 5. The second kappa shape index (κ2) is 11.7. The molecule has 0 fully saturated rings. The van der Waals surface area contributed by atoms with Crippen LogP contribution in [-0.4, -0.2) is 35.2 Å². The molecular formula is C21H22Fe3N7O-. The number of pyridine rings is 1. The van der Waals surface area contributed by atoms with E-state index in [9.17, 15) is 4.79 Å². The summed E-state index contributed by atoms with van der Waals surface area (Å²) in [6, 6.07) is 5.79. The number of rotatable bonds is 5. The van der Waals surface area contributed by atoms with Gasteiger partial charge in [-0.15, -0.1) is 0 Å². The number of nitrogens with zero attached hydrogens (tertiary/aromatic N) is 6. The monoisotopic (exact) mass is 556 g/mol. The van der Waals surface area contributed by atoms with Gasteiger partial charge in [0.2, 0.25) is 0 Å². The van der Waals surface area contributed by atoms with Crippen LogP contribution >= 0.6 is 0 Å². The van der Waals surface area contributed by atoms with Crippen molar-refractivity contribution in [2.24, 2.45) is 14.1 Å². The van der Waals surface area contributed by atoms with Crippen LogP contribution in [0.25, 0.3) is 22.3 Å². The summed E-state index contributed by atoms with van der Waals surface area (Å²) in [5.41, 5.74) is 3.96. The first kappa shape index (κ1) is 28.0. The van der Waals surface area contributed by atoms with E-state index in [1.807, 2.05) is 29.8 Å². The molecule has 1 N–H and O–H groups in total. The fourth-order valence-corrected chi connectivity index (χ4v) is 3.37. The Hall–Kier alpha value is -1.99. The Balaban J connectivity index is 0.00000171. The third-order valence-electron chi connectivity index (χ3n) is 4.79. The van der Waals surface area contributed by atoms with E-state index >= 15 is 0 Å². The number of carbonyl (C=O) groups is 1. The first-order valence-corrected chi connectivity index (χ1v) is 9.35. The van der Waals surface area contributed by atoms with E-state index < -0.39 is 0 Å². The second-order valence-electron chi connectivity index (χ2n) is 6.93. The smallest absolute Gasteiger partial charge is 0.260 e. The third-order valence-corrected chi connectivity index (χ3v) is 4.79. The van der Waals surface area contributed by atoms with E-state index in [1.54, 1.807) is 37.2 Å². The van der Waals surface area contributed by atoms with E-state index in [0.717, 1.165) is 41.0 Å². The number of fused-ring (bicyclic) bond motifs is 1. The van der Waals surface area contributed by atoms with Gasteiger partial charge in [-0.05, 0) is 25.5 Å². The zero-order valence-electron chi connectivity index (χ0n) is 17.7. The molecule has 0 bridgehead atoms. The van der Waals surface area contributed by atoms with Crippen LogP contribution in [0.5, 0.6) is 0 Å². The zero-order chi connectivity index (χ0) is 20.5. The van der Waals surface area contributed by atoms with E-state index in [4.69, 9.17) is 0 Å². The van der Waals surface area contributed by atoms with Crippen LogP contribution in [0.1, 0.15) is 28.3 Å². The molecule has 32 heavy (non-hydrogen) atoms. The fraction of sp³-hybridized carbons (Fsp3) is 0.238. The first-order chi connectivity index (χ1) is 14.0. The molecule has 4 aromatic rings. The van der Waals surface area contributed by atoms with Gasteiger partial charge in [-0.2, -0.15) is 11.5 Å². The van der Waals surface area contributed by atoms with Crippen LogP contribution in [0.15, 0.2) is 36.8 Å². The minimum absolute atomic E-state index is 0. The molecular weight excluding hydrogens is 534 g/mol. The van der Waals surface area contributed by atoms with E-state index in [1.165, 1.54) is 0 Å². The van der Waals surface area contributed by atoms with Crippen molar-refractivity contribution in [1.82, 2.24) is 29.3 Å². The minimum atomic E-state index is -0.231. The van der Waals surface area contributed by atoms with Crippen molar-refractivity contribution in [3.63, 3.8) is 0 Å². The number of hydrogen-bond donors (Lipinski definition) is 1. The maximum atomic E-state index is 12.6. The Bertz CT molecular complexity index is 1220. The van der Waals surface area contributed by atoms with Gasteiger partial charge in [0.05, 0.1) is 28.2 Å². The maximum Gasteiger partial charge on any atom is 0.260 e. The molecule has 0 saturated heterocycles. The predicted molar refractivity (Wildman–Crippen MR) is 111 cm³/mol. The van der Waals surface area contributed by atoms with E-state index in [2.05, 4.69) is 32.3 Å². The molecule has 0 unspecified atom stereocenters. The molecule has 0 atom stereocenters. The van der Waals surface area contributed by atoms with Gasteiger partial charge in [0, 0.05) is 95.3 Å². The van der Waals surface area contributed by atoms with Gasteiger partial charge >= 0.3 is 0 Å². The number of carbonyl (C=O) groups excluding carboxylic acids is 1. The van der Waals surface area contributed by atoms with Crippen LogP contribution < -0.4 is 5.32 Å². The average Bonchev–Trinajstić information content (AvgIpc) is 3.21. The largest absolute Gasteiger partial charge is 0.343 e. The molecule has 0 radical (unpaired) electrons. The SMILES string of the molecule is [CH2-]CCc1nccc(-c2cc3cnc(NC(=O)c4cn(C)nc4C)cc3n2C)n1.[Fe].[Fe].[Fe]. The third kappa shape index (κ3) is 5.67. The van der Waals surface area contributed by atoms with Gasteiger partial charge in [0.25, 0.3) is 5.91 Å². The van der Waals surface area contributed by atoms with Crippen LogP contribution in [0.4, 0.5) is 5.82 Å². The number of amides is 1. The van der Waals surface area contributed by atoms with Crippen molar-refractivity contribution < 1.29 is 56.0 Å². The molecule has 4 aromatic heterocycles. The summed E-state index contributed by atoms with van der Waals surface area (Å²) in [4.78, 5) is 25.9. The number of nitrogens with one attached hydrogen (secondary N) is 1. The van der Waals surface area contributed by atoms with E-state index in [-0.39, 0.29) is 57.1 Å². The van der Waals surface area contributed by atoms with Gasteiger partial charge in [0.1, 0.15) is 11.6 Å². The van der Waals surface area contributed by atoms with E-state index in [0.29, 0.717) is 17.1 Å². The van der Waals surface area contributed by atoms with Gasteiger partial charge in [0.15, 0.2) is 0 Å². The summed E-state index contributed by atoms with van der Waals surface area (Å²) in [6.07, 6.45) is 6.71. The normalized spacial score (nSPS) is 10.1. The molecule has 0 aliphatic heterocycles. The number of aryl methyl sites for hydroxylation is 4. The number of anilines is 1. The summed E-state index contributed by atoms with van der Waals surface area (Å²) in [5, 5.41) is 8.04. The fourth-order valence-electron chi connectivity index (χ4n) is 3.37. The molecule has 1 amide bonds. The predicted octanol–water partition coefficient (Wildman–Crippen LogP) is 3.08. The molecule has 11 heteroatoms. The topological polar surface area (TPSA) is 90.5 Å². The zero-order valence-corrected chi connectivity index (χ0v) is 21.1. The molecule has 4 heterocycles. The quantitative estimate of drug-likeness (QED) is 0.302. The summed E-state index contributed by atoms with van der Waals surface area (Å²) in [7, 11) is 3.76. The van der Waals surface area contributed by atoms with Crippen molar-refractivity contribution in [2.75, 3.05) is 5.32 Å². The van der Waals surface area contributed by atoms with Gasteiger partial charge < -0.3 is 16.8 Å². The van der Waals surface area contributed by atoms with Crippen LogP contribution in [0.3, 0.4) is 0 Å². The van der Waals surface area contributed by atoms with Crippen molar-refractivity contribution in [2.45, 2.75) is 19.8 Å². The van der Waals surface area contributed by atoms with Crippen molar-refractivity contribution in [1.29, 1.82) is 0 Å². The molecule has 0 saturated carbocycles. The van der Waals surface area contributed by atoms with Crippen LogP contribution in [-0.2, 0) is 71.7 Å². The Morgan fingerprint density at radius 3 is 2.56 bits per heavy atom. The van der Waals surface area contributed by atoms with Crippen LogP contribution in [0, 0.1) is 13.8 Å². The summed E-state index contributed by atoms with van der Waals surface area (Å²) < 4.78 is 3.66. The summed E-state index contributed by atoms with van der Waals surface area (Å²) in [5.74, 6) is 1.03. The number of aromatic nitrogens is 6. The maximum absolute atomic E-state index is 12.6. The molecule has 4 rings (SSSR count). The Kier molecular flexibility index (Phi) is 10.3. The Morgan fingerprint density at radius 1 is 1.16 bits per heavy atom. The molecule has 0 spiro atoms. The summed E-state index contributed by atoms with van der Waals surface area (Å²) in [6.45, 7) is 5.67. The Morgan fingerprint density at radius 2 is 1.91 bits per heavy atom. The van der Waals surface area contributed by atoms with Crippen LogP contribution in [0.2, 0.25) is 0 Å². The molecule has 8 nitrogen and oxygen atoms in total. The minimum Gasteiger partial charge on any atom is -0.343 e. The van der Waals surface area contributed by atoms with Gasteiger partial charge in [-0.25, -0.2) is 15.0 Å². The second-order valence-corrected chi connectivity index (χ2v) is 6.93. The van der Waals surface area contributed by atoms with Gasteiger partial charge in [-0.1, -0.05) is 0 Å². The Labute approximate surface area is 218 Å². The average molecular weight is 556 g/mol. The first-order valence-electron chi connectivity index (χ1n) is 9.35. The standard InChI is InChI=1S/C21H22N7O.3Fe/c1-5-6-19-22-8-7-16(24-19)18-9-14-11-23-20(10-17(14)28(18)4)25-21(29)15-12-27(3)26-13(15)2;;;/h7-12H,1,5-6H2,2-4H3,(H,23,25,29);;;/q-1;;;. The van der Waals surface area contributed by atoms with Crippen molar-refractivity contribution in [3.8, 4) is 11.4 Å². The molecule has 172 valence electrons. The van der Waals surface area contributed by atoms with Crippen molar-refractivity contribution >= 4 is 22.6 Å². The molecule has 0 aromatic carbocycles. The van der Waals surface area contributed by atoms with Gasteiger partial charge in [-0.3, -0.25) is 9.48 Å². The summed E-state index contributed by atoms with van der Waals surface area (Å²) >= 11 is 0. The molecule has 0 aliphatic carbocycles. The molecule has 0 aliphatic rings.